The van der Waals surface area contributed by atoms with Gasteiger partial charge in [0.15, 0.2) is 0 Å². The summed E-state index contributed by atoms with van der Waals surface area (Å²) in [5.74, 6) is -0.160. The first-order chi connectivity index (χ1) is 10.3. The van der Waals surface area contributed by atoms with Gasteiger partial charge in [-0.15, -0.1) is 0 Å². The summed E-state index contributed by atoms with van der Waals surface area (Å²) in [7, 11) is -0.823. The van der Waals surface area contributed by atoms with Crippen molar-refractivity contribution in [1.82, 2.24) is 4.98 Å². The molecule has 0 unspecified atom stereocenters. The number of pyridine rings is 1. The van der Waals surface area contributed by atoms with Crippen molar-refractivity contribution in [1.29, 1.82) is 0 Å². The molecule has 2 heterocycles. The number of hydrogen-bond acceptors (Lipinski definition) is 4. The van der Waals surface area contributed by atoms with E-state index in [1.165, 1.54) is 6.20 Å². The van der Waals surface area contributed by atoms with Gasteiger partial charge in [-0.1, -0.05) is 6.07 Å². The monoisotopic (exact) mass is 254 g/mol. The Morgan fingerprint density at radius 3 is 2.67 bits per heavy atom. The molecule has 0 saturated carbocycles. The molecule has 5 heteroatoms. The molecule has 0 atom stereocenters. The largest absolute Gasteiger partial charge is 0.500 e. The first-order valence-corrected chi connectivity index (χ1v) is 5.76. The molecule has 1 aromatic rings. The van der Waals surface area contributed by atoms with Crippen molar-refractivity contribution in [3.05, 3.63) is 18.3 Å². The maximum atomic E-state index is 7.60. The molecule has 1 aliphatic rings. The number of ether oxygens (including phenoxy) is 1. The molecule has 18 heavy (non-hydrogen) atoms. The van der Waals surface area contributed by atoms with Crippen LogP contribution in [0.1, 0.15) is 41.4 Å². The lowest BCUT2D eigenvalue weighted by Crippen LogP contribution is -2.41. The predicted molar refractivity (Wildman–Crippen MR) is 71.1 cm³/mol. The number of hydrogen-bond donors (Lipinski definition) is 0. The van der Waals surface area contributed by atoms with Gasteiger partial charge in [0.25, 0.3) is 0 Å². The van der Waals surface area contributed by atoms with Crippen LogP contribution in [0.3, 0.4) is 0 Å². The van der Waals surface area contributed by atoms with Crippen molar-refractivity contribution >= 4 is 12.6 Å². The van der Waals surface area contributed by atoms with Gasteiger partial charge in [-0.2, -0.15) is 0 Å². The highest BCUT2D eigenvalue weighted by Crippen LogP contribution is 2.36. The average Bonchev–Trinajstić information content (AvgIpc) is 2.57. The van der Waals surface area contributed by atoms with E-state index in [0.717, 1.165) is 0 Å². The molecule has 98 valence electrons. The molecule has 0 radical (unpaired) electrons. The highest BCUT2D eigenvalue weighted by Gasteiger charge is 2.52. The molecule has 0 amide bonds. The fraction of sp³-hybridized carbons (Fsp3) is 0.615. The van der Waals surface area contributed by atoms with E-state index in [9.17, 15) is 0 Å². The molecular formula is C13H20BNO3. The van der Waals surface area contributed by atoms with Crippen molar-refractivity contribution in [2.24, 2.45) is 0 Å². The van der Waals surface area contributed by atoms with Gasteiger partial charge in [-0.3, -0.25) is 0 Å². The Bertz CT molecular complexity index is 575. The van der Waals surface area contributed by atoms with E-state index >= 15 is 0 Å². The van der Waals surface area contributed by atoms with Gasteiger partial charge in [-0.25, -0.2) is 4.98 Å². The zero-order valence-corrected chi connectivity index (χ0v) is 11.0. The minimum atomic E-state index is -2.95. The van der Waals surface area contributed by atoms with Crippen molar-refractivity contribution in [2.45, 2.75) is 45.7 Å². The molecule has 1 aromatic heterocycles. The number of nitrogens with zero attached hydrogens (tertiary/aromatic N) is 1. The van der Waals surface area contributed by atoms with Crippen LogP contribution in [0, 0.1) is 0 Å². The zero-order chi connectivity index (χ0) is 17.7. The molecule has 1 saturated heterocycles. The van der Waals surface area contributed by atoms with Crippen molar-refractivity contribution < 1.29 is 20.9 Å². The molecule has 0 aromatic carbocycles. The third-order valence-electron chi connectivity index (χ3n) is 3.46. The molecule has 2 rings (SSSR count). The Labute approximate surface area is 116 Å². The highest BCUT2D eigenvalue weighted by atomic mass is 16.7. The Hall–Kier alpha value is -1.07. The van der Waals surface area contributed by atoms with Crippen LogP contribution >= 0.6 is 0 Å². The molecule has 0 spiro atoms. The van der Waals surface area contributed by atoms with E-state index in [1.54, 1.807) is 12.1 Å². The summed E-state index contributed by atoms with van der Waals surface area (Å²) in [6.07, 6.45) is 1.39. The average molecular weight is 254 g/mol. The van der Waals surface area contributed by atoms with Gasteiger partial charge >= 0.3 is 7.12 Å². The number of rotatable bonds is 3. The Balaban J connectivity index is 2.33. The van der Waals surface area contributed by atoms with Gasteiger partial charge in [0.1, 0.15) is 0 Å². The van der Waals surface area contributed by atoms with E-state index in [4.69, 9.17) is 20.9 Å². The standard InChI is InChI=1S/C13H20BNO3/c1-6-16-11-10(8-7-9-15-11)14-17-12(2,3)13(4,5)18-14/h7-9H,6H2,1-5H3/i1D3,6D2. The van der Waals surface area contributed by atoms with E-state index < -0.39 is 31.7 Å². The van der Waals surface area contributed by atoms with Crippen LogP contribution < -0.4 is 10.2 Å². The Morgan fingerprint density at radius 1 is 1.39 bits per heavy atom. The van der Waals surface area contributed by atoms with Crippen molar-refractivity contribution in [3.8, 4) is 5.88 Å². The molecule has 1 fully saturated rings. The van der Waals surface area contributed by atoms with Crippen LogP contribution in [-0.4, -0.2) is 29.9 Å². The number of aromatic nitrogens is 1. The molecule has 0 bridgehead atoms. The second-order valence-corrected chi connectivity index (χ2v) is 5.19. The first kappa shape index (κ1) is 8.18. The van der Waals surface area contributed by atoms with Crippen LogP contribution in [0.5, 0.6) is 5.88 Å². The minimum absolute atomic E-state index is 0.160. The first-order valence-electron chi connectivity index (χ1n) is 8.26. The Kier molecular flexibility index (Phi) is 2.07. The summed E-state index contributed by atoms with van der Waals surface area (Å²) in [6.45, 7) is 1.70. The van der Waals surface area contributed by atoms with Gasteiger partial charge in [0.2, 0.25) is 5.88 Å². The third-order valence-corrected chi connectivity index (χ3v) is 3.46. The normalized spacial score (nSPS) is 26.7. The van der Waals surface area contributed by atoms with E-state index in [0.29, 0.717) is 5.46 Å². The van der Waals surface area contributed by atoms with Crippen LogP contribution in [0.2, 0.25) is 0 Å². The lowest BCUT2D eigenvalue weighted by atomic mass is 9.80. The van der Waals surface area contributed by atoms with Gasteiger partial charge in [0.05, 0.1) is 20.5 Å². The SMILES string of the molecule is [2H]C([2H])([2H])C([2H])([2H])Oc1ncccc1B1OC(C)(C)C(C)(C)O1. The third kappa shape index (κ3) is 2.25. The van der Waals surface area contributed by atoms with Crippen LogP contribution in [-0.2, 0) is 9.31 Å². The lowest BCUT2D eigenvalue weighted by Gasteiger charge is -2.32. The van der Waals surface area contributed by atoms with Gasteiger partial charge in [-0.05, 0) is 40.6 Å². The van der Waals surface area contributed by atoms with E-state index in [-0.39, 0.29) is 5.88 Å². The van der Waals surface area contributed by atoms with E-state index in [1.807, 2.05) is 27.7 Å². The fourth-order valence-corrected chi connectivity index (χ4v) is 1.69. The lowest BCUT2D eigenvalue weighted by molar-refractivity contribution is 0.00578. The minimum Gasteiger partial charge on any atom is -0.478 e. The molecule has 0 N–H and O–H groups in total. The van der Waals surface area contributed by atoms with Crippen molar-refractivity contribution in [2.75, 3.05) is 6.56 Å². The van der Waals surface area contributed by atoms with Crippen LogP contribution in [0.4, 0.5) is 0 Å². The quantitative estimate of drug-likeness (QED) is 0.771. The topological polar surface area (TPSA) is 40.6 Å². The molecule has 0 aliphatic carbocycles. The van der Waals surface area contributed by atoms with E-state index in [2.05, 4.69) is 4.98 Å². The summed E-state index contributed by atoms with van der Waals surface area (Å²) >= 11 is 0. The predicted octanol–water partition coefficient (Wildman–Crippen LogP) is 1.78. The summed E-state index contributed by atoms with van der Waals surface area (Å²) in [5, 5.41) is 0. The maximum Gasteiger partial charge on any atom is 0.500 e. The fourth-order valence-electron chi connectivity index (χ4n) is 1.69. The summed E-state index contributed by atoms with van der Waals surface area (Å²) < 4.78 is 53.7. The molecule has 1 aliphatic heterocycles. The van der Waals surface area contributed by atoms with Crippen LogP contribution in [0.15, 0.2) is 18.3 Å². The second kappa shape index (κ2) is 4.55. The summed E-state index contributed by atoms with van der Waals surface area (Å²) in [6, 6.07) is 3.23. The van der Waals surface area contributed by atoms with Crippen LogP contribution in [0.25, 0.3) is 0 Å². The highest BCUT2D eigenvalue weighted by molar-refractivity contribution is 6.63. The maximum absolute atomic E-state index is 7.60. The Morgan fingerprint density at radius 2 is 2.06 bits per heavy atom. The summed E-state index contributed by atoms with van der Waals surface area (Å²) in [4.78, 5) is 3.95. The van der Waals surface area contributed by atoms with Crippen molar-refractivity contribution in [3.63, 3.8) is 0 Å². The van der Waals surface area contributed by atoms with Gasteiger partial charge < -0.3 is 14.0 Å². The summed E-state index contributed by atoms with van der Waals surface area (Å²) in [5.41, 5.74) is -0.832. The smallest absolute Gasteiger partial charge is 0.478 e. The van der Waals surface area contributed by atoms with Gasteiger partial charge in [0, 0.05) is 15.8 Å². The zero-order valence-electron chi connectivity index (χ0n) is 16.0. The molecule has 4 nitrogen and oxygen atoms in total. The second-order valence-electron chi connectivity index (χ2n) is 5.19. The molecular weight excluding hydrogens is 229 g/mol.